The Balaban J connectivity index is 1.35. The Kier molecular flexibility index (Phi) is 5.58. The molecule has 1 aliphatic heterocycles. The third-order valence-electron chi connectivity index (χ3n) is 6.32. The topological polar surface area (TPSA) is 137 Å². The second-order valence-corrected chi connectivity index (χ2v) is 9.02. The van der Waals surface area contributed by atoms with Crippen LogP contribution in [-0.4, -0.2) is 37.4 Å². The number of nitriles is 1. The molecule has 0 unspecified atom stereocenters. The predicted octanol–water partition coefficient (Wildman–Crippen LogP) is 3.28. The molecule has 182 valence electrons. The van der Waals surface area contributed by atoms with Gasteiger partial charge in [-0.05, 0) is 41.7 Å². The van der Waals surface area contributed by atoms with Crippen molar-refractivity contribution in [3.63, 3.8) is 0 Å². The number of imide groups is 1. The average molecular weight is 491 g/mol. The first kappa shape index (κ1) is 22.4. The fraction of sp³-hybridized carbons (Fsp3) is 0.185. The Labute approximate surface area is 212 Å². The van der Waals surface area contributed by atoms with E-state index in [1.165, 1.54) is 0 Å². The van der Waals surface area contributed by atoms with Gasteiger partial charge in [0.2, 0.25) is 17.8 Å². The highest BCUT2D eigenvalue weighted by atomic mass is 16.2. The molecular formula is C27H22N8O2. The molecule has 1 saturated heterocycles. The van der Waals surface area contributed by atoms with Crippen LogP contribution in [0.3, 0.4) is 0 Å². The molecule has 0 atom stereocenters. The average Bonchev–Trinajstić information content (AvgIpc) is 3.55. The fourth-order valence-corrected chi connectivity index (χ4v) is 4.31. The first-order chi connectivity index (χ1) is 18.1. The van der Waals surface area contributed by atoms with Crippen LogP contribution in [0.25, 0.3) is 22.9 Å². The number of rotatable bonds is 7. The maximum Gasteiger partial charge on any atom is 0.254 e. The quantitative estimate of drug-likeness (QED) is 0.265. The lowest BCUT2D eigenvalue weighted by Gasteiger charge is -2.13. The second kappa shape index (κ2) is 9.20. The molecule has 10 heteroatoms. The molecule has 2 aromatic heterocycles. The number of hydrogen-bond acceptors (Lipinski definition) is 8. The van der Waals surface area contributed by atoms with Crippen LogP contribution in [0.4, 0.5) is 11.9 Å². The summed E-state index contributed by atoms with van der Waals surface area (Å²) in [6, 6.07) is 18.0. The molecule has 2 aliphatic rings. The van der Waals surface area contributed by atoms with E-state index in [0.717, 1.165) is 29.5 Å². The monoisotopic (exact) mass is 490 g/mol. The highest BCUT2D eigenvalue weighted by molar-refractivity contribution is 6.15. The molecule has 4 aromatic rings. The van der Waals surface area contributed by atoms with Crippen molar-refractivity contribution >= 4 is 35.4 Å². The maximum absolute atomic E-state index is 12.1. The van der Waals surface area contributed by atoms with E-state index in [2.05, 4.69) is 37.1 Å². The summed E-state index contributed by atoms with van der Waals surface area (Å²) in [5.41, 5.74) is 4.92. The molecule has 0 spiro atoms. The van der Waals surface area contributed by atoms with Crippen molar-refractivity contribution in [1.82, 2.24) is 24.9 Å². The first-order valence-electron chi connectivity index (χ1n) is 12.0. The van der Waals surface area contributed by atoms with E-state index >= 15 is 0 Å². The van der Waals surface area contributed by atoms with E-state index < -0.39 is 5.91 Å². The summed E-state index contributed by atoms with van der Waals surface area (Å²) >= 11 is 0. The number of benzene rings is 2. The first-order valence-corrected chi connectivity index (χ1v) is 12.0. The zero-order chi connectivity index (χ0) is 25.4. The number of aromatic nitrogens is 4. The van der Waals surface area contributed by atoms with Gasteiger partial charge in [-0.3, -0.25) is 14.9 Å². The normalized spacial score (nSPS) is 16.1. The van der Waals surface area contributed by atoms with Crippen LogP contribution in [0, 0.1) is 11.3 Å². The van der Waals surface area contributed by atoms with E-state index in [-0.39, 0.29) is 12.3 Å². The number of amides is 2. The molecule has 10 nitrogen and oxygen atoms in total. The van der Waals surface area contributed by atoms with Gasteiger partial charge in [-0.25, -0.2) is 0 Å². The third kappa shape index (κ3) is 4.50. The maximum atomic E-state index is 12.1. The highest BCUT2D eigenvalue weighted by Gasteiger charge is 2.26. The summed E-state index contributed by atoms with van der Waals surface area (Å²) in [6.45, 7) is 0.427. The number of carbonyl (C=O) groups excluding carboxylic acids is 2. The summed E-state index contributed by atoms with van der Waals surface area (Å²) in [5, 5.41) is 23.0. The smallest absolute Gasteiger partial charge is 0.254 e. The predicted molar refractivity (Wildman–Crippen MR) is 137 cm³/mol. The lowest BCUT2D eigenvalue weighted by molar-refractivity contribution is -0.124. The Bertz CT molecular complexity index is 1630. The second-order valence-electron chi connectivity index (χ2n) is 9.02. The molecule has 0 radical (unpaired) electrons. The van der Waals surface area contributed by atoms with Gasteiger partial charge in [0.1, 0.15) is 0 Å². The standard InChI is InChI=1S/C27H22N8O2/c28-13-16-5-1-3-7-21(16)22-8-4-2-6-17(22)14-29-26-33-24-19(11-18-12-23(36)32-25(18)37)15-30-35(24)27(34-26)31-20-9-10-20/h1-8,11,15,20H,9-10,12,14H2,(H,32,36,37)(H2,29,31,33,34)/b18-11+. The van der Waals surface area contributed by atoms with Gasteiger partial charge >= 0.3 is 0 Å². The zero-order valence-corrected chi connectivity index (χ0v) is 19.7. The summed E-state index contributed by atoms with van der Waals surface area (Å²) in [5.74, 6) is 0.223. The Morgan fingerprint density at radius 1 is 1.08 bits per heavy atom. The van der Waals surface area contributed by atoms with Crippen molar-refractivity contribution in [2.45, 2.75) is 31.8 Å². The van der Waals surface area contributed by atoms with Gasteiger partial charge in [0.05, 0.1) is 24.3 Å². The molecule has 3 N–H and O–H groups in total. The van der Waals surface area contributed by atoms with Crippen LogP contribution in [-0.2, 0) is 16.1 Å². The molecule has 3 heterocycles. The van der Waals surface area contributed by atoms with Crippen molar-refractivity contribution < 1.29 is 9.59 Å². The lowest BCUT2D eigenvalue weighted by atomic mass is 9.96. The van der Waals surface area contributed by atoms with Crippen molar-refractivity contribution in [3.05, 3.63) is 77.0 Å². The fourth-order valence-electron chi connectivity index (χ4n) is 4.31. The third-order valence-corrected chi connectivity index (χ3v) is 6.32. The summed E-state index contributed by atoms with van der Waals surface area (Å²) in [7, 11) is 0. The Morgan fingerprint density at radius 2 is 1.86 bits per heavy atom. The van der Waals surface area contributed by atoms with Gasteiger partial charge in [0.15, 0.2) is 5.65 Å². The summed E-state index contributed by atoms with van der Waals surface area (Å²) in [4.78, 5) is 33.1. The van der Waals surface area contributed by atoms with Gasteiger partial charge in [-0.15, -0.1) is 0 Å². The molecule has 2 amide bonds. The number of carbonyl (C=O) groups is 2. The van der Waals surface area contributed by atoms with E-state index in [1.54, 1.807) is 22.9 Å². The molecule has 1 saturated carbocycles. The van der Waals surface area contributed by atoms with Crippen LogP contribution < -0.4 is 16.0 Å². The summed E-state index contributed by atoms with van der Waals surface area (Å²) < 4.78 is 1.61. The SMILES string of the molecule is N#Cc1ccccc1-c1ccccc1CNc1nc(NC2CC2)n2ncc(/C=C3\CC(=O)NC3=O)c2n1. The molecule has 6 rings (SSSR count). The van der Waals surface area contributed by atoms with E-state index in [1.807, 2.05) is 42.5 Å². The minimum Gasteiger partial charge on any atom is -0.351 e. The highest BCUT2D eigenvalue weighted by Crippen LogP contribution is 2.29. The Morgan fingerprint density at radius 3 is 2.62 bits per heavy atom. The minimum absolute atomic E-state index is 0.0283. The van der Waals surface area contributed by atoms with Crippen LogP contribution >= 0.6 is 0 Å². The number of fused-ring (bicyclic) bond motifs is 1. The van der Waals surface area contributed by atoms with Gasteiger partial charge in [0, 0.05) is 23.7 Å². The van der Waals surface area contributed by atoms with Gasteiger partial charge in [-0.2, -0.15) is 24.8 Å². The Hall–Kier alpha value is -5.04. The number of hydrogen-bond donors (Lipinski definition) is 3. The van der Waals surface area contributed by atoms with Crippen molar-refractivity contribution in [2.75, 3.05) is 10.6 Å². The van der Waals surface area contributed by atoms with E-state index in [9.17, 15) is 14.9 Å². The van der Waals surface area contributed by atoms with Gasteiger partial charge in [0.25, 0.3) is 5.91 Å². The zero-order valence-electron chi connectivity index (χ0n) is 19.7. The molecule has 37 heavy (non-hydrogen) atoms. The number of nitrogens with zero attached hydrogens (tertiary/aromatic N) is 5. The van der Waals surface area contributed by atoms with Gasteiger partial charge < -0.3 is 10.6 Å². The summed E-state index contributed by atoms with van der Waals surface area (Å²) in [6.07, 6.45) is 5.40. The lowest BCUT2D eigenvalue weighted by Crippen LogP contribution is -2.19. The molecular weight excluding hydrogens is 468 g/mol. The molecule has 2 fully saturated rings. The molecule has 2 aromatic carbocycles. The van der Waals surface area contributed by atoms with Crippen molar-refractivity contribution in [2.24, 2.45) is 0 Å². The van der Waals surface area contributed by atoms with Gasteiger partial charge in [-0.1, -0.05) is 42.5 Å². The van der Waals surface area contributed by atoms with Crippen LogP contribution in [0.5, 0.6) is 0 Å². The molecule has 0 bridgehead atoms. The van der Waals surface area contributed by atoms with Crippen molar-refractivity contribution in [3.8, 4) is 17.2 Å². The number of nitrogens with one attached hydrogen (secondary N) is 3. The largest absolute Gasteiger partial charge is 0.351 e. The minimum atomic E-state index is -0.401. The van der Waals surface area contributed by atoms with E-state index in [0.29, 0.717) is 46.8 Å². The number of anilines is 2. The van der Waals surface area contributed by atoms with Crippen LogP contribution in [0.1, 0.15) is 36.0 Å². The van der Waals surface area contributed by atoms with E-state index in [4.69, 9.17) is 0 Å². The van der Waals surface area contributed by atoms with Crippen LogP contribution in [0.2, 0.25) is 0 Å². The molecule has 1 aliphatic carbocycles. The van der Waals surface area contributed by atoms with Crippen LogP contribution in [0.15, 0.2) is 60.3 Å². The van der Waals surface area contributed by atoms with Crippen molar-refractivity contribution in [1.29, 1.82) is 5.26 Å².